The number of nitrogens with one attached hydrogen (secondary N) is 2. The third kappa shape index (κ3) is 5.47. The molecule has 2 nitrogen and oxygen atoms in total. The summed E-state index contributed by atoms with van der Waals surface area (Å²) in [5.74, 6) is 0. The van der Waals surface area contributed by atoms with Crippen LogP contribution in [0.2, 0.25) is 0 Å². The van der Waals surface area contributed by atoms with Crippen LogP contribution in [-0.4, -0.2) is 17.7 Å². The van der Waals surface area contributed by atoms with Crippen molar-refractivity contribution in [2.24, 2.45) is 0 Å². The van der Waals surface area contributed by atoms with Gasteiger partial charge in [0.05, 0.1) is 0 Å². The summed E-state index contributed by atoms with van der Waals surface area (Å²) in [7, 11) is 0. The Kier molecular flexibility index (Phi) is 6.42. The predicted octanol–water partition coefficient (Wildman–Crippen LogP) is 2.94. The number of rotatable bonds is 6. The smallest absolute Gasteiger partial charge is 0.166 e. The van der Waals surface area contributed by atoms with Crippen LogP contribution in [0, 0.1) is 0 Å². The Balaban J connectivity index is 2.18. The molecule has 0 aliphatic carbocycles. The highest BCUT2D eigenvalue weighted by atomic mass is 32.1. The third-order valence-corrected chi connectivity index (χ3v) is 3.44. The van der Waals surface area contributed by atoms with Gasteiger partial charge in [-0.3, -0.25) is 0 Å². The highest BCUT2D eigenvalue weighted by Crippen LogP contribution is 2.10. The molecule has 0 radical (unpaired) electrons. The molecule has 4 heteroatoms. The molecule has 16 heavy (non-hydrogen) atoms. The second kappa shape index (κ2) is 7.63. The van der Waals surface area contributed by atoms with Gasteiger partial charge in [0.15, 0.2) is 5.11 Å². The second-order valence-corrected chi connectivity index (χ2v) is 5.38. The highest BCUT2D eigenvalue weighted by molar-refractivity contribution is 7.80. The molecular formula is C12H20N2S2. The molecule has 0 saturated heterocycles. The van der Waals surface area contributed by atoms with E-state index in [0.29, 0.717) is 6.04 Å². The van der Waals surface area contributed by atoms with Crippen molar-refractivity contribution in [1.29, 1.82) is 0 Å². The van der Waals surface area contributed by atoms with Crippen molar-refractivity contribution < 1.29 is 0 Å². The molecule has 0 bridgehead atoms. The van der Waals surface area contributed by atoms with Crippen LogP contribution in [0.5, 0.6) is 0 Å². The number of thiocarbonyl (C=S) groups is 1. The quantitative estimate of drug-likeness (QED) is 0.604. The zero-order chi connectivity index (χ0) is 11.8. The van der Waals surface area contributed by atoms with Crippen molar-refractivity contribution in [3.05, 3.63) is 22.4 Å². The summed E-state index contributed by atoms with van der Waals surface area (Å²) < 4.78 is 0. The van der Waals surface area contributed by atoms with E-state index in [-0.39, 0.29) is 0 Å². The average Bonchev–Trinajstić information content (AvgIpc) is 2.70. The molecule has 0 amide bonds. The fourth-order valence-corrected chi connectivity index (χ4v) is 2.57. The lowest BCUT2D eigenvalue weighted by atomic mass is 10.2. The average molecular weight is 256 g/mol. The molecule has 0 aromatic carbocycles. The van der Waals surface area contributed by atoms with E-state index in [2.05, 4.69) is 42.0 Å². The van der Waals surface area contributed by atoms with Crippen LogP contribution in [0.15, 0.2) is 17.5 Å². The van der Waals surface area contributed by atoms with Crippen LogP contribution in [0.25, 0.3) is 0 Å². The fraction of sp³-hybridized carbons (Fsp3) is 0.583. The zero-order valence-corrected chi connectivity index (χ0v) is 11.6. The summed E-state index contributed by atoms with van der Waals surface area (Å²) in [6.07, 6.45) is 3.40. The van der Waals surface area contributed by atoms with E-state index in [9.17, 15) is 0 Å². The molecule has 1 aromatic rings. The van der Waals surface area contributed by atoms with E-state index in [4.69, 9.17) is 12.2 Å². The van der Waals surface area contributed by atoms with Crippen LogP contribution in [0.3, 0.4) is 0 Å². The van der Waals surface area contributed by atoms with Gasteiger partial charge in [0, 0.05) is 23.9 Å². The van der Waals surface area contributed by atoms with Crippen LogP contribution < -0.4 is 10.6 Å². The summed E-state index contributed by atoms with van der Waals surface area (Å²) >= 11 is 7.02. The minimum absolute atomic E-state index is 0.389. The summed E-state index contributed by atoms with van der Waals surface area (Å²) in [4.78, 5) is 1.40. The monoisotopic (exact) mass is 256 g/mol. The number of hydrogen-bond donors (Lipinski definition) is 2. The molecule has 2 N–H and O–H groups in total. The molecule has 0 aliphatic rings. The van der Waals surface area contributed by atoms with Crippen molar-refractivity contribution in [2.45, 2.75) is 39.2 Å². The van der Waals surface area contributed by atoms with Crippen molar-refractivity contribution >= 4 is 28.7 Å². The van der Waals surface area contributed by atoms with Gasteiger partial charge < -0.3 is 10.6 Å². The highest BCUT2D eigenvalue weighted by Gasteiger charge is 2.05. The number of unbranched alkanes of at least 4 members (excludes halogenated alkanes) is 1. The number of hydrogen-bond acceptors (Lipinski definition) is 2. The lowest BCUT2D eigenvalue weighted by Gasteiger charge is -2.16. The Labute approximate surface area is 107 Å². The third-order valence-electron chi connectivity index (χ3n) is 2.28. The van der Waals surface area contributed by atoms with Gasteiger partial charge in [-0.05, 0) is 37.0 Å². The van der Waals surface area contributed by atoms with Crippen molar-refractivity contribution in [1.82, 2.24) is 10.6 Å². The number of thiophene rings is 1. The van der Waals surface area contributed by atoms with Gasteiger partial charge in [-0.1, -0.05) is 19.4 Å². The van der Waals surface area contributed by atoms with Gasteiger partial charge in [0.25, 0.3) is 0 Å². The van der Waals surface area contributed by atoms with E-state index in [1.54, 1.807) is 11.3 Å². The molecule has 0 aliphatic heterocycles. The van der Waals surface area contributed by atoms with Gasteiger partial charge in [-0.2, -0.15) is 0 Å². The standard InChI is InChI=1S/C12H20N2S2/c1-3-4-7-13-12(15)14-10(2)9-11-6-5-8-16-11/h5-6,8,10H,3-4,7,9H2,1-2H3,(H2,13,14,15). The zero-order valence-electron chi connectivity index (χ0n) is 9.95. The van der Waals surface area contributed by atoms with Gasteiger partial charge in [0.1, 0.15) is 0 Å². The summed E-state index contributed by atoms with van der Waals surface area (Å²) in [6.45, 7) is 5.30. The first-order valence-electron chi connectivity index (χ1n) is 5.79. The molecule has 0 saturated carbocycles. The van der Waals surface area contributed by atoms with Crippen LogP contribution in [0.1, 0.15) is 31.6 Å². The maximum atomic E-state index is 5.22. The van der Waals surface area contributed by atoms with Crippen LogP contribution >= 0.6 is 23.6 Å². The van der Waals surface area contributed by atoms with E-state index in [0.717, 1.165) is 18.1 Å². The SMILES string of the molecule is CCCCNC(=S)NC(C)Cc1cccs1. The Morgan fingerprint density at radius 3 is 3.00 bits per heavy atom. The second-order valence-electron chi connectivity index (χ2n) is 3.94. The van der Waals surface area contributed by atoms with Crippen molar-refractivity contribution in [3.8, 4) is 0 Å². The normalized spacial score (nSPS) is 12.1. The van der Waals surface area contributed by atoms with E-state index in [1.807, 2.05) is 0 Å². The molecule has 1 atom stereocenters. The van der Waals surface area contributed by atoms with Crippen molar-refractivity contribution in [2.75, 3.05) is 6.54 Å². The predicted molar refractivity (Wildman–Crippen MR) is 76.1 cm³/mol. The maximum Gasteiger partial charge on any atom is 0.166 e. The first-order valence-corrected chi connectivity index (χ1v) is 7.08. The van der Waals surface area contributed by atoms with E-state index >= 15 is 0 Å². The fourth-order valence-electron chi connectivity index (χ4n) is 1.44. The van der Waals surface area contributed by atoms with Gasteiger partial charge in [-0.25, -0.2) is 0 Å². The molecule has 1 aromatic heterocycles. The van der Waals surface area contributed by atoms with Crippen LogP contribution in [-0.2, 0) is 6.42 Å². The molecule has 1 unspecified atom stereocenters. The topological polar surface area (TPSA) is 24.1 Å². The minimum Gasteiger partial charge on any atom is -0.363 e. The lowest BCUT2D eigenvalue weighted by molar-refractivity contribution is 0.647. The first kappa shape index (κ1) is 13.5. The first-order chi connectivity index (χ1) is 7.72. The maximum absolute atomic E-state index is 5.22. The molecule has 1 rings (SSSR count). The Morgan fingerprint density at radius 2 is 2.38 bits per heavy atom. The van der Waals surface area contributed by atoms with Crippen molar-refractivity contribution in [3.63, 3.8) is 0 Å². The van der Waals surface area contributed by atoms with Gasteiger partial charge >= 0.3 is 0 Å². The molecule has 0 spiro atoms. The van der Waals surface area contributed by atoms with E-state index in [1.165, 1.54) is 17.7 Å². The minimum atomic E-state index is 0.389. The summed E-state index contributed by atoms with van der Waals surface area (Å²) in [5.41, 5.74) is 0. The van der Waals surface area contributed by atoms with E-state index < -0.39 is 0 Å². The Hall–Kier alpha value is -0.610. The van der Waals surface area contributed by atoms with Crippen LogP contribution in [0.4, 0.5) is 0 Å². The molecule has 1 heterocycles. The lowest BCUT2D eigenvalue weighted by Crippen LogP contribution is -2.41. The van der Waals surface area contributed by atoms with Gasteiger partial charge in [-0.15, -0.1) is 11.3 Å². The summed E-state index contributed by atoms with van der Waals surface area (Å²) in [5, 5.41) is 9.41. The molecule has 0 fully saturated rings. The Morgan fingerprint density at radius 1 is 1.56 bits per heavy atom. The Bertz CT molecular complexity index is 296. The summed E-state index contributed by atoms with van der Waals surface area (Å²) in [6, 6.07) is 4.64. The molecule has 90 valence electrons. The largest absolute Gasteiger partial charge is 0.363 e. The van der Waals surface area contributed by atoms with Gasteiger partial charge in [0.2, 0.25) is 0 Å². The molecular weight excluding hydrogens is 236 g/mol.